The van der Waals surface area contributed by atoms with E-state index in [1.165, 1.54) is 0 Å². The molecule has 1 aliphatic rings. The van der Waals surface area contributed by atoms with Gasteiger partial charge in [-0.2, -0.15) is 0 Å². The maximum Gasteiger partial charge on any atom is 0.322 e. The molecule has 1 aliphatic heterocycles. The molecule has 1 atom stereocenters. The van der Waals surface area contributed by atoms with Crippen molar-refractivity contribution in [1.82, 2.24) is 4.90 Å². The summed E-state index contributed by atoms with van der Waals surface area (Å²) in [5, 5.41) is 3.91. The first-order valence-corrected chi connectivity index (χ1v) is 8.54. The van der Waals surface area contributed by atoms with E-state index in [9.17, 15) is 4.79 Å². The second kappa shape index (κ2) is 6.63. The van der Waals surface area contributed by atoms with E-state index in [4.69, 9.17) is 13.9 Å². The van der Waals surface area contributed by atoms with Crippen LogP contribution in [0.15, 0.2) is 52.9 Å². The molecule has 1 unspecified atom stereocenters. The molecule has 3 aromatic rings. The third kappa shape index (κ3) is 3.06. The number of nitrogens with zero attached hydrogens (tertiary/aromatic N) is 1. The number of carbonyl (C=O) groups is 1. The number of urea groups is 1. The number of ether oxygens (including phenoxy) is 2. The Morgan fingerprint density at radius 2 is 1.85 bits per heavy atom. The molecule has 0 aliphatic carbocycles. The van der Waals surface area contributed by atoms with Crippen molar-refractivity contribution >= 4 is 22.7 Å². The normalized spacial score (nSPS) is 14.1. The average Bonchev–Trinajstić information content (AvgIpc) is 3.11. The van der Waals surface area contributed by atoms with Gasteiger partial charge in [0.2, 0.25) is 0 Å². The van der Waals surface area contributed by atoms with E-state index in [1.54, 1.807) is 30.1 Å². The summed E-state index contributed by atoms with van der Waals surface area (Å²) in [4.78, 5) is 14.2. The van der Waals surface area contributed by atoms with E-state index in [1.807, 2.05) is 37.3 Å². The quantitative estimate of drug-likeness (QED) is 0.757. The zero-order valence-electron chi connectivity index (χ0n) is 14.7. The van der Waals surface area contributed by atoms with Crippen molar-refractivity contribution in [2.75, 3.05) is 25.6 Å². The van der Waals surface area contributed by atoms with Crippen molar-refractivity contribution in [2.45, 2.75) is 13.0 Å². The van der Waals surface area contributed by atoms with Crippen LogP contribution in [0.25, 0.3) is 11.0 Å². The number of anilines is 1. The fourth-order valence-electron chi connectivity index (χ4n) is 2.91. The number of hydrogen-bond donors (Lipinski definition) is 1. The zero-order valence-corrected chi connectivity index (χ0v) is 14.7. The molecule has 0 saturated heterocycles. The largest absolute Gasteiger partial charge is 0.486 e. The van der Waals surface area contributed by atoms with E-state index in [-0.39, 0.29) is 12.1 Å². The highest BCUT2D eigenvalue weighted by molar-refractivity contribution is 5.90. The fraction of sp³-hybridized carbons (Fsp3) is 0.250. The minimum atomic E-state index is -0.227. The number of carbonyl (C=O) groups excluding carboxylic acids is 1. The first-order valence-electron chi connectivity index (χ1n) is 8.54. The molecule has 2 aromatic carbocycles. The highest BCUT2D eigenvalue weighted by atomic mass is 16.6. The lowest BCUT2D eigenvalue weighted by Gasteiger charge is -2.24. The van der Waals surface area contributed by atoms with Gasteiger partial charge in [-0.15, -0.1) is 0 Å². The second-order valence-corrected chi connectivity index (χ2v) is 6.26. The number of benzene rings is 2. The van der Waals surface area contributed by atoms with Crippen LogP contribution in [0.4, 0.5) is 10.5 Å². The number of rotatable bonds is 3. The Morgan fingerprint density at radius 3 is 2.65 bits per heavy atom. The second-order valence-electron chi connectivity index (χ2n) is 6.26. The van der Waals surface area contributed by atoms with Crippen molar-refractivity contribution < 1.29 is 18.7 Å². The van der Waals surface area contributed by atoms with Crippen LogP contribution in [-0.4, -0.2) is 31.2 Å². The molecular weight excluding hydrogens is 332 g/mol. The van der Waals surface area contributed by atoms with E-state index in [0.717, 1.165) is 16.7 Å². The van der Waals surface area contributed by atoms with Gasteiger partial charge >= 0.3 is 6.03 Å². The molecule has 0 fully saturated rings. The maximum atomic E-state index is 12.6. The van der Waals surface area contributed by atoms with E-state index in [2.05, 4.69) is 5.32 Å². The number of furan rings is 1. The maximum absolute atomic E-state index is 12.6. The molecule has 0 spiro atoms. The summed E-state index contributed by atoms with van der Waals surface area (Å²) in [6.45, 7) is 2.98. The van der Waals surface area contributed by atoms with Crippen LogP contribution < -0.4 is 14.8 Å². The van der Waals surface area contributed by atoms with Gasteiger partial charge in [-0.25, -0.2) is 4.79 Å². The number of para-hydroxylation sites is 1. The van der Waals surface area contributed by atoms with Crippen LogP contribution >= 0.6 is 0 Å². The predicted molar refractivity (Wildman–Crippen MR) is 98.8 cm³/mol. The monoisotopic (exact) mass is 352 g/mol. The van der Waals surface area contributed by atoms with Gasteiger partial charge in [-0.3, -0.25) is 0 Å². The van der Waals surface area contributed by atoms with Gasteiger partial charge in [0.15, 0.2) is 11.5 Å². The minimum Gasteiger partial charge on any atom is -0.486 e. The number of amides is 2. The molecule has 2 heterocycles. The molecule has 0 saturated carbocycles. The number of nitrogens with one attached hydrogen (secondary N) is 1. The lowest BCUT2D eigenvalue weighted by Crippen LogP contribution is -2.33. The highest BCUT2D eigenvalue weighted by Gasteiger charge is 2.21. The van der Waals surface area contributed by atoms with Crippen molar-refractivity contribution in [3.63, 3.8) is 0 Å². The molecule has 2 amide bonds. The Kier molecular flexibility index (Phi) is 4.16. The Labute approximate surface area is 151 Å². The summed E-state index contributed by atoms with van der Waals surface area (Å²) in [5.41, 5.74) is 1.47. The van der Waals surface area contributed by atoms with Crippen LogP contribution in [0.2, 0.25) is 0 Å². The molecule has 1 aromatic heterocycles. The third-order valence-corrected chi connectivity index (χ3v) is 4.55. The molecule has 0 radical (unpaired) electrons. The molecule has 26 heavy (non-hydrogen) atoms. The van der Waals surface area contributed by atoms with Crippen LogP contribution in [0.1, 0.15) is 18.7 Å². The Morgan fingerprint density at radius 1 is 1.08 bits per heavy atom. The van der Waals surface area contributed by atoms with Gasteiger partial charge in [0, 0.05) is 24.2 Å². The van der Waals surface area contributed by atoms with E-state index >= 15 is 0 Å². The molecule has 6 nitrogen and oxygen atoms in total. The summed E-state index contributed by atoms with van der Waals surface area (Å²) >= 11 is 0. The smallest absolute Gasteiger partial charge is 0.322 e. The lowest BCUT2D eigenvalue weighted by molar-refractivity contribution is 0.171. The zero-order chi connectivity index (χ0) is 18.1. The predicted octanol–water partition coefficient (Wildman–Crippen LogP) is 4.43. The Bertz CT molecular complexity index is 917. The van der Waals surface area contributed by atoms with Crippen molar-refractivity contribution in [1.29, 1.82) is 0 Å². The van der Waals surface area contributed by atoms with Crippen LogP contribution in [0.3, 0.4) is 0 Å². The van der Waals surface area contributed by atoms with Crippen molar-refractivity contribution in [3.8, 4) is 11.5 Å². The number of hydrogen-bond acceptors (Lipinski definition) is 4. The van der Waals surface area contributed by atoms with Crippen molar-refractivity contribution in [3.05, 3.63) is 54.3 Å². The average molecular weight is 352 g/mol. The minimum absolute atomic E-state index is 0.209. The van der Waals surface area contributed by atoms with Gasteiger partial charge < -0.3 is 24.1 Å². The van der Waals surface area contributed by atoms with Gasteiger partial charge in [0.25, 0.3) is 0 Å². The van der Waals surface area contributed by atoms with E-state index in [0.29, 0.717) is 30.4 Å². The summed E-state index contributed by atoms with van der Waals surface area (Å²) in [7, 11) is 1.74. The Balaban J connectivity index is 1.48. The van der Waals surface area contributed by atoms with Gasteiger partial charge in [-0.05, 0) is 31.2 Å². The van der Waals surface area contributed by atoms with Gasteiger partial charge in [-0.1, -0.05) is 18.2 Å². The van der Waals surface area contributed by atoms with Crippen LogP contribution in [0, 0.1) is 0 Å². The van der Waals surface area contributed by atoms with Crippen molar-refractivity contribution in [2.24, 2.45) is 0 Å². The summed E-state index contributed by atoms with van der Waals surface area (Å²) in [5.74, 6) is 2.08. The third-order valence-electron chi connectivity index (χ3n) is 4.55. The standard InChI is InChI=1S/C20H20N2O4/c1-13(18-11-14-5-3-4-6-16(14)26-18)22(2)20(23)21-15-7-8-17-19(12-15)25-10-9-24-17/h3-8,11-13H,9-10H2,1-2H3,(H,21,23). The molecule has 1 N–H and O–H groups in total. The SMILES string of the molecule is CC(c1cc2ccccc2o1)N(C)C(=O)Nc1ccc2c(c1)OCCO2. The lowest BCUT2D eigenvalue weighted by atomic mass is 10.2. The summed E-state index contributed by atoms with van der Waals surface area (Å²) in [6.07, 6.45) is 0. The van der Waals surface area contributed by atoms with E-state index < -0.39 is 0 Å². The first kappa shape index (κ1) is 16.3. The first-order chi connectivity index (χ1) is 12.6. The Hall–Kier alpha value is -3.15. The molecule has 4 rings (SSSR count). The van der Waals surface area contributed by atoms with Crippen LogP contribution in [-0.2, 0) is 0 Å². The molecule has 0 bridgehead atoms. The van der Waals surface area contributed by atoms with Gasteiger partial charge in [0.1, 0.15) is 24.6 Å². The summed E-state index contributed by atoms with van der Waals surface area (Å²) in [6, 6.07) is 14.7. The molecule has 134 valence electrons. The van der Waals surface area contributed by atoms with Gasteiger partial charge in [0.05, 0.1) is 6.04 Å². The fourth-order valence-corrected chi connectivity index (χ4v) is 2.91. The molecular formula is C20H20N2O4. The highest BCUT2D eigenvalue weighted by Crippen LogP contribution is 2.33. The number of fused-ring (bicyclic) bond motifs is 2. The molecule has 6 heteroatoms. The summed E-state index contributed by atoms with van der Waals surface area (Å²) < 4.78 is 16.9. The van der Waals surface area contributed by atoms with Crippen LogP contribution in [0.5, 0.6) is 11.5 Å². The topological polar surface area (TPSA) is 63.9 Å².